The van der Waals surface area contributed by atoms with Crippen LogP contribution >= 0.6 is 0 Å². The van der Waals surface area contributed by atoms with Crippen LogP contribution in [0, 0.1) is 5.92 Å². The van der Waals surface area contributed by atoms with Gasteiger partial charge in [-0.1, -0.05) is 38.1 Å². The number of fused-ring (bicyclic) bond motifs is 2. The summed E-state index contributed by atoms with van der Waals surface area (Å²) in [6.07, 6.45) is 2.60. The molecule has 2 heterocycles. The minimum Gasteiger partial charge on any atom is -0.346 e. The van der Waals surface area contributed by atoms with E-state index >= 15 is 0 Å². The molecular weight excluding hydrogens is 248 g/mol. The maximum absolute atomic E-state index is 12.0. The van der Waals surface area contributed by atoms with Crippen molar-refractivity contribution in [2.45, 2.75) is 38.6 Å². The normalized spacial score (nSPS) is 21.9. The molecule has 0 aliphatic carbocycles. The zero-order valence-electron chi connectivity index (χ0n) is 12.5. The zero-order chi connectivity index (χ0) is 14.2. The average molecular weight is 272 g/mol. The van der Waals surface area contributed by atoms with Crippen molar-refractivity contribution in [1.82, 2.24) is 10.2 Å². The summed E-state index contributed by atoms with van der Waals surface area (Å²) in [4.78, 5) is 14.6. The Hall–Kier alpha value is -1.35. The lowest BCUT2D eigenvalue weighted by atomic mass is 9.75. The molecule has 0 bridgehead atoms. The number of carbonyl (C=O) groups is 1. The third kappa shape index (κ3) is 2.47. The van der Waals surface area contributed by atoms with Crippen molar-refractivity contribution >= 4 is 5.91 Å². The first-order chi connectivity index (χ1) is 9.59. The molecule has 0 radical (unpaired) electrons. The molecule has 1 amide bonds. The van der Waals surface area contributed by atoms with E-state index in [0.717, 1.165) is 32.5 Å². The highest BCUT2D eigenvalue weighted by Gasteiger charge is 2.41. The van der Waals surface area contributed by atoms with Crippen LogP contribution in [0.1, 0.15) is 37.8 Å². The van der Waals surface area contributed by atoms with Gasteiger partial charge in [-0.25, -0.2) is 0 Å². The lowest BCUT2D eigenvalue weighted by Gasteiger charge is -2.46. The molecule has 1 N–H and O–H groups in total. The Morgan fingerprint density at radius 3 is 2.65 bits per heavy atom. The lowest BCUT2D eigenvalue weighted by molar-refractivity contribution is -0.124. The fraction of sp³-hybridized carbons (Fsp3) is 0.588. The molecule has 1 fully saturated rings. The molecule has 0 saturated carbocycles. The molecule has 2 aliphatic rings. The van der Waals surface area contributed by atoms with Crippen molar-refractivity contribution in [2.24, 2.45) is 5.92 Å². The molecule has 3 heteroatoms. The Bertz CT molecular complexity index is 501. The van der Waals surface area contributed by atoms with Crippen molar-refractivity contribution in [3.63, 3.8) is 0 Å². The summed E-state index contributed by atoms with van der Waals surface area (Å²) in [7, 11) is 0. The predicted molar refractivity (Wildman–Crippen MR) is 80.5 cm³/mol. The van der Waals surface area contributed by atoms with E-state index in [2.05, 4.69) is 42.3 Å². The van der Waals surface area contributed by atoms with Crippen molar-refractivity contribution in [3.05, 3.63) is 35.4 Å². The molecule has 1 aromatic carbocycles. The quantitative estimate of drug-likeness (QED) is 0.896. The van der Waals surface area contributed by atoms with Crippen LogP contribution in [0.3, 0.4) is 0 Å². The monoisotopic (exact) mass is 272 g/mol. The maximum atomic E-state index is 12.0. The molecule has 0 aromatic heterocycles. The van der Waals surface area contributed by atoms with E-state index in [1.54, 1.807) is 0 Å². The molecule has 3 rings (SSSR count). The number of hydrogen-bond donors (Lipinski definition) is 1. The number of hydrogen-bond acceptors (Lipinski definition) is 2. The van der Waals surface area contributed by atoms with E-state index in [1.165, 1.54) is 11.1 Å². The Morgan fingerprint density at radius 2 is 1.95 bits per heavy atom. The minimum absolute atomic E-state index is 0.112. The summed E-state index contributed by atoms with van der Waals surface area (Å²) < 4.78 is 0. The fourth-order valence-corrected chi connectivity index (χ4v) is 3.72. The number of carbonyl (C=O) groups excluding carboxylic acids is 1. The molecule has 20 heavy (non-hydrogen) atoms. The van der Waals surface area contributed by atoms with Crippen molar-refractivity contribution in [3.8, 4) is 0 Å². The van der Waals surface area contributed by atoms with Crippen molar-refractivity contribution in [1.29, 1.82) is 0 Å². The molecule has 1 aromatic rings. The van der Waals surface area contributed by atoms with Crippen molar-refractivity contribution in [2.75, 3.05) is 19.6 Å². The van der Waals surface area contributed by atoms with Gasteiger partial charge < -0.3 is 10.2 Å². The molecule has 2 aliphatic heterocycles. The summed E-state index contributed by atoms with van der Waals surface area (Å²) in [5, 5.41) is 3.30. The molecule has 1 spiro atoms. The molecule has 108 valence electrons. The van der Waals surface area contributed by atoms with E-state index in [0.29, 0.717) is 12.3 Å². The number of nitrogens with one attached hydrogen (secondary N) is 1. The third-order valence-corrected chi connectivity index (χ3v) is 4.60. The van der Waals surface area contributed by atoms with E-state index in [9.17, 15) is 4.79 Å². The lowest BCUT2D eigenvalue weighted by Crippen LogP contribution is -2.56. The van der Waals surface area contributed by atoms with Gasteiger partial charge in [-0.2, -0.15) is 0 Å². The van der Waals surface area contributed by atoms with Gasteiger partial charge in [-0.15, -0.1) is 0 Å². The summed E-state index contributed by atoms with van der Waals surface area (Å²) in [5.74, 6) is 0.887. The van der Waals surface area contributed by atoms with Gasteiger partial charge in [0.2, 0.25) is 5.91 Å². The van der Waals surface area contributed by atoms with Crippen LogP contribution in [0.2, 0.25) is 0 Å². The Labute approximate surface area is 121 Å². The largest absolute Gasteiger partial charge is 0.346 e. The van der Waals surface area contributed by atoms with E-state index in [-0.39, 0.29) is 11.4 Å². The molecule has 0 unspecified atom stereocenters. The van der Waals surface area contributed by atoms with E-state index in [1.807, 2.05) is 6.07 Å². The smallest absolute Gasteiger partial charge is 0.225 e. The van der Waals surface area contributed by atoms with Gasteiger partial charge >= 0.3 is 0 Å². The van der Waals surface area contributed by atoms with Gasteiger partial charge in [0.25, 0.3) is 0 Å². The molecular formula is C17H24N2O. The minimum atomic E-state index is -0.112. The number of piperidine rings is 1. The van der Waals surface area contributed by atoms with Gasteiger partial charge in [0.15, 0.2) is 0 Å². The van der Waals surface area contributed by atoms with Crippen LogP contribution in [0.25, 0.3) is 0 Å². The third-order valence-electron chi connectivity index (χ3n) is 4.60. The second-order valence-electron chi connectivity index (χ2n) is 6.66. The van der Waals surface area contributed by atoms with Crippen LogP contribution in [0.4, 0.5) is 0 Å². The van der Waals surface area contributed by atoms with Crippen LogP contribution in [0.5, 0.6) is 0 Å². The van der Waals surface area contributed by atoms with Crippen LogP contribution in [-0.4, -0.2) is 30.4 Å². The summed E-state index contributed by atoms with van der Waals surface area (Å²) in [5.41, 5.74) is 2.46. The van der Waals surface area contributed by atoms with Gasteiger partial charge in [0.1, 0.15) is 0 Å². The zero-order valence-corrected chi connectivity index (χ0v) is 12.5. The second kappa shape index (κ2) is 5.21. The average Bonchev–Trinajstić information content (AvgIpc) is 2.41. The number of rotatable bonds is 2. The first-order valence-electron chi connectivity index (χ1n) is 7.71. The highest BCUT2D eigenvalue weighted by Crippen LogP contribution is 2.37. The van der Waals surface area contributed by atoms with Crippen LogP contribution < -0.4 is 5.32 Å². The predicted octanol–water partition coefficient (Wildman–Crippen LogP) is 2.31. The first kappa shape index (κ1) is 13.6. The number of amides is 1. The Morgan fingerprint density at radius 1 is 1.25 bits per heavy atom. The van der Waals surface area contributed by atoms with E-state index in [4.69, 9.17) is 0 Å². The Kier molecular flexibility index (Phi) is 3.55. The summed E-state index contributed by atoms with van der Waals surface area (Å²) >= 11 is 0. The van der Waals surface area contributed by atoms with Crippen LogP contribution in [0.15, 0.2) is 24.3 Å². The number of benzene rings is 1. The standard InChI is InChI=1S/C17H24N2O/c1-13(2)12-19-9-7-17(8-10-19)15-6-4-3-5-14(15)11-16(20)18-17/h3-6,13H,7-12H2,1-2H3,(H,18,20). The number of nitrogens with zero attached hydrogens (tertiary/aromatic N) is 1. The number of likely N-dealkylation sites (tertiary alicyclic amines) is 1. The highest BCUT2D eigenvalue weighted by molar-refractivity contribution is 5.82. The maximum Gasteiger partial charge on any atom is 0.225 e. The molecule has 1 saturated heterocycles. The fourth-order valence-electron chi connectivity index (χ4n) is 3.72. The van der Waals surface area contributed by atoms with E-state index < -0.39 is 0 Å². The van der Waals surface area contributed by atoms with Gasteiger partial charge in [0, 0.05) is 19.6 Å². The van der Waals surface area contributed by atoms with Gasteiger partial charge in [-0.05, 0) is 29.9 Å². The summed E-state index contributed by atoms with van der Waals surface area (Å²) in [6.45, 7) is 7.84. The molecule has 0 atom stereocenters. The first-order valence-corrected chi connectivity index (χ1v) is 7.71. The van der Waals surface area contributed by atoms with Gasteiger partial charge in [-0.3, -0.25) is 4.79 Å². The molecule has 3 nitrogen and oxygen atoms in total. The Balaban J connectivity index is 1.82. The second-order valence-corrected chi connectivity index (χ2v) is 6.66. The highest BCUT2D eigenvalue weighted by atomic mass is 16.1. The van der Waals surface area contributed by atoms with Crippen molar-refractivity contribution < 1.29 is 4.79 Å². The van der Waals surface area contributed by atoms with Gasteiger partial charge in [0.05, 0.1) is 12.0 Å². The summed E-state index contributed by atoms with van der Waals surface area (Å²) in [6, 6.07) is 8.45. The topological polar surface area (TPSA) is 32.3 Å². The SMILES string of the molecule is CC(C)CN1CCC2(CC1)NC(=O)Cc1ccccc12. The van der Waals surface area contributed by atoms with Crippen LogP contribution in [-0.2, 0) is 16.8 Å².